The molecular weight excluding hydrogens is 216 g/mol. The number of aromatic nitrogens is 3. The smallest absolute Gasteiger partial charge is 0.242 e. The maximum absolute atomic E-state index is 5.63. The number of anilines is 1. The summed E-state index contributed by atoms with van der Waals surface area (Å²) in [6.45, 7) is 0. The SMILES string of the molecule is COc1cc(N)ccc1-n1cnc(Cl)n1. The third kappa shape index (κ3) is 1.87. The van der Waals surface area contributed by atoms with Gasteiger partial charge in [-0.25, -0.2) is 9.67 Å². The first-order valence-corrected chi connectivity index (χ1v) is 4.59. The van der Waals surface area contributed by atoms with E-state index in [0.717, 1.165) is 5.69 Å². The number of rotatable bonds is 2. The van der Waals surface area contributed by atoms with Crippen molar-refractivity contribution in [3.8, 4) is 11.4 Å². The van der Waals surface area contributed by atoms with Crippen molar-refractivity contribution in [1.29, 1.82) is 0 Å². The van der Waals surface area contributed by atoms with Crippen molar-refractivity contribution < 1.29 is 4.74 Å². The molecule has 6 heteroatoms. The van der Waals surface area contributed by atoms with Gasteiger partial charge in [0, 0.05) is 11.8 Å². The van der Waals surface area contributed by atoms with Gasteiger partial charge in [0.2, 0.25) is 5.28 Å². The second-order valence-electron chi connectivity index (χ2n) is 2.89. The second-order valence-corrected chi connectivity index (χ2v) is 3.23. The first kappa shape index (κ1) is 9.79. The lowest BCUT2D eigenvalue weighted by atomic mass is 10.2. The largest absolute Gasteiger partial charge is 0.494 e. The number of ether oxygens (including phenoxy) is 1. The van der Waals surface area contributed by atoms with Crippen LogP contribution in [0.3, 0.4) is 0 Å². The molecule has 0 saturated carbocycles. The van der Waals surface area contributed by atoms with Crippen LogP contribution in [-0.4, -0.2) is 21.9 Å². The third-order valence-corrected chi connectivity index (χ3v) is 2.09. The number of halogens is 1. The molecule has 1 aromatic carbocycles. The molecule has 0 atom stereocenters. The molecule has 0 saturated heterocycles. The molecule has 0 spiro atoms. The quantitative estimate of drug-likeness (QED) is 0.786. The number of hydrogen-bond acceptors (Lipinski definition) is 4. The predicted octanol–water partition coefficient (Wildman–Crippen LogP) is 1.51. The van der Waals surface area contributed by atoms with Gasteiger partial charge in [-0.1, -0.05) is 0 Å². The van der Waals surface area contributed by atoms with E-state index in [4.69, 9.17) is 22.1 Å². The Morgan fingerprint density at radius 3 is 2.87 bits per heavy atom. The van der Waals surface area contributed by atoms with Gasteiger partial charge in [0.15, 0.2) is 0 Å². The highest BCUT2D eigenvalue weighted by atomic mass is 35.5. The van der Waals surface area contributed by atoms with Crippen molar-refractivity contribution >= 4 is 17.3 Å². The summed E-state index contributed by atoms with van der Waals surface area (Å²) in [4.78, 5) is 3.82. The summed E-state index contributed by atoms with van der Waals surface area (Å²) in [7, 11) is 1.57. The average Bonchev–Trinajstić information content (AvgIpc) is 2.64. The molecule has 78 valence electrons. The van der Waals surface area contributed by atoms with Crippen LogP contribution in [0, 0.1) is 0 Å². The van der Waals surface area contributed by atoms with Crippen LogP contribution in [0.15, 0.2) is 24.5 Å². The van der Waals surface area contributed by atoms with E-state index >= 15 is 0 Å². The molecule has 2 rings (SSSR count). The summed E-state index contributed by atoms with van der Waals surface area (Å²) >= 11 is 5.63. The van der Waals surface area contributed by atoms with Crippen LogP contribution in [0.5, 0.6) is 5.75 Å². The summed E-state index contributed by atoms with van der Waals surface area (Å²) in [5.74, 6) is 0.622. The van der Waals surface area contributed by atoms with E-state index in [2.05, 4.69) is 10.1 Å². The first-order valence-electron chi connectivity index (χ1n) is 4.22. The molecular formula is C9H9ClN4O. The standard InChI is InChI=1S/C9H9ClN4O/c1-15-8-4-6(11)2-3-7(8)14-5-12-9(10)13-14/h2-5H,11H2,1H3. The first-order chi connectivity index (χ1) is 7.20. The minimum atomic E-state index is 0.189. The predicted molar refractivity (Wildman–Crippen MR) is 57.3 cm³/mol. The van der Waals surface area contributed by atoms with E-state index in [1.165, 1.54) is 11.0 Å². The van der Waals surface area contributed by atoms with E-state index in [1.807, 2.05) is 0 Å². The van der Waals surface area contributed by atoms with Crippen LogP contribution < -0.4 is 10.5 Å². The fourth-order valence-corrected chi connectivity index (χ4v) is 1.37. The number of hydrogen-bond donors (Lipinski definition) is 1. The zero-order valence-corrected chi connectivity index (χ0v) is 8.77. The molecule has 15 heavy (non-hydrogen) atoms. The molecule has 1 aromatic heterocycles. The molecule has 2 aromatic rings. The van der Waals surface area contributed by atoms with Gasteiger partial charge in [-0.15, -0.1) is 5.10 Å². The topological polar surface area (TPSA) is 66.0 Å². The van der Waals surface area contributed by atoms with Crippen molar-refractivity contribution in [2.24, 2.45) is 0 Å². The van der Waals surface area contributed by atoms with Crippen molar-refractivity contribution in [3.05, 3.63) is 29.8 Å². The highest BCUT2D eigenvalue weighted by molar-refractivity contribution is 6.28. The Bertz CT molecular complexity index is 483. The van der Waals surface area contributed by atoms with E-state index in [1.54, 1.807) is 25.3 Å². The number of nitrogens with zero attached hydrogens (tertiary/aromatic N) is 3. The van der Waals surface area contributed by atoms with Crippen LogP contribution in [0.25, 0.3) is 5.69 Å². The lowest BCUT2D eigenvalue weighted by Gasteiger charge is -2.07. The molecule has 0 fully saturated rings. The molecule has 0 bridgehead atoms. The van der Waals surface area contributed by atoms with Gasteiger partial charge in [-0.05, 0) is 23.7 Å². The zero-order valence-electron chi connectivity index (χ0n) is 8.01. The number of methoxy groups -OCH3 is 1. The molecule has 0 radical (unpaired) electrons. The van der Waals surface area contributed by atoms with Gasteiger partial charge in [-0.3, -0.25) is 0 Å². The minimum Gasteiger partial charge on any atom is -0.494 e. The summed E-state index contributed by atoms with van der Waals surface area (Å²) in [5.41, 5.74) is 7.00. The molecule has 2 N–H and O–H groups in total. The van der Waals surface area contributed by atoms with E-state index in [0.29, 0.717) is 11.4 Å². The van der Waals surface area contributed by atoms with E-state index in [9.17, 15) is 0 Å². The Hall–Kier alpha value is -1.75. The van der Waals surface area contributed by atoms with Crippen molar-refractivity contribution in [3.63, 3.8) is 0 Å². The van der Waals surface area contributed by atoms with Crippen LogP contribution in [0.4, 0.5) is 5.69 Å². The lowest BCUT2D eigenvalue weighted by Crippen LogP contribution is -1.99. The molecule has 0 aliphatic rings. The van der Waals surface area contributed by atoms with E-state index < -0.39 is 0 Å². The Kier molecular flexibility index (Phi) is 2.47. The summed E-state index contributed by atoms with van der Waals surface area (Å²) in [6.07, 6.45) is 1.51. The fourth-order valence-electron chi connectivity index (χ4n) is 1.24. The van der Waals surface area contributed by atoms with Gasteiger partial charge in [-0.2, -0.15) is 0 Å². The average molecular weight is 225 g/mol. The number of nitrogens with two attached hydrogens (primary N) is 1. The minimum absolute atomic E-state index is 0.189. The Labute approximate surface area is 91.4 Å². The van der Waals surface area contributed by atoms with Crippen LogP contribution in [0.1, 0.15) is 0 Å². The van der Waals surface area contributed by atoms with E-state index in [-0.39, 0.29) is 5.28 Å². The van der Waals surface area contributed by atoms with Gasteiger partial charge in [0.1, 0.15) is 17.8 Å². The molecule has 1 heterocycles. The summed E-state index contributed by atoms with van der Waals surface area (Å²) < 4.78 is 6.71. The van der Waals surface area contributed by atoms with Gasteiger partial charge in [0.25, 0.3) is 0 Å². The third-order valence-electron chi connectivity index (χ3n) is 1.91. The van der Waals surface area contributed by atoms with Crippen molar-refractivity contribution in [1.82, 2.24) is 14.8 Å². The normalized spacial score (nSPS) is 10.3. The van der Waals surface area contributed by atoms with Crippen molar-refractivity contribution in [2.75, 3.05) is 12.8 Å². The number of nitrogen functional groups attached to an aromatic ring is 1. The maximum Gasteiger partial charge on any atom is 0.242 e. The summed E-state index contributed by atoms with van der Waals surface area (Å²) in [5, 5.41) is 4.16. The Morgan fingerprint density at radius 2 is 2.27 bits per heavy atom. The lowest BCUT2D eigenvalue weighted by molar-refractivity contribution is 0.412. The Morgan fingerprint density at radius 1 is 1.47 bits per heavy atom. The highest BCUT2D eigenvalue weighted by Crippen LogP contribution is 2.24. The second kappa shape index (κ2) is 3.78. The maximum atomic E-state index is 5.63. The van der Waals surface area contributed by atoms with Gasteiger partial charge < -0.3 is 10.5 Å². The van der Waals surface area contributed by atoms with Crippen LogP contribution >= 0.6 is 11.6 Å². The monoisotopic (exact) mass is 224 g/mol. The molecule has 0 amide bonds. The zero-order chi connectivity index (χ0) is 10.8. The Balaban J connectivity index is 2.52. The fraction of sp³-hybridized carbons (Fsp3) is 0.111. The molecule has 0 aliphatic carbocycles. The van der Waals surface area contributed by atoms with Gasteiger partial charge >= 0.3 is 0 Å². The van der Waals surface area contributed by atoms with Crippen LogP contribution in [0.2, 0.25) is 5.28 Å². The summed E-state index contributed by atoms with van der Waals surface area (Å²) in [6, 6.07) is 5.26. The van der Waals surface area contributed by atoms with Gasteiger partial charge in [0.05, 0.1) is 7.11 Å². The molecule has 0 aliphatic heterocycles. The molecule has 5 nitrogen and oxygen atoms in total. The van der Waals surface area contributed by atoms with Crippen molar-refractivity contribution in [2.45, 2.75) is 0 Å². The molecule has 0 unspecified atom stereocenters. The highest BCUT2D eigenvalue weighted by Gasteiger charge is 2.07. The van der Waals surface area contributed by atoms with Crippen LogP contribution in [-0.2, 0) is 0 Å². The number of benzene rings is 1.